The molecular weight excluding hydrogens is 879 g/mol. The van der Waals surface area contributed by atoms with E-state index in [1.165, 1.54) is 19.2 Å². The van der Waals surface area contributed by atoms with Crippen LogP contribution < -0.4 is 9.47 Å². The van der Waals surface area contributed by atoms with E-state index < -0.39 is 17.7 Å². The normalized spacial score (nSPS) is 21.1. The summed E-state index contributed by atoms with van der Waals surface area (Å²) < 4.78 is 61.1. The van der Waals surface area contributed by atoms with Gasteiger partial charge in [-0.3, -0.25) is 14.3 Å². The lowest BCUT2D eigenvalue weighted by atomic mass is 10.0. The minimum Gasteiger partial charge on any atom is -0.479 e. The van der Waals surface area contributed by atoms with Crippen LogP contribution in [0.25, 0.3) is 33.9 Å². The predicted octanol–water partition coefficient (Wildman–Crippen LogP) is 3.95. The number of rotatable bonds is 16. The number of aromatic nitrogens is 10. The van der Waals surface area contributed by atoms with Crippen LogP contribution in [0.3, 0.4) is 0 Å². The Hall–Kier alpha value is -5.64. The Labute approximate surface area is 393 Å². The number of hydrogen-bond donors (Lipinski definition) is 2. The fourth-order valence-corrected chi connectivity index (χ4v) is 10.5. The molecule has 2 fully saturated rings. The quantitative estimate of drug-likeness (QED) is 0.143. The molecule has 0 saturated carbocycles. The molecule has 18 nitrogen and oxygen atoms in total. The number of hydrogen-bond acceptors (Lipinski definition) is 14. The van der Waals surface area contributed by atoms with Crippen molar-refractivity contribution in [1.29, 1.82) is 0 Å². The second-order valence-corrected chi connectivity index (χ2v) is 18.8. The van der Waals surface area contributed by atoms with Crippen molar-refractivity contribution in [3.63, 3.8) is 0 Å². The number of aliphatic hydroxyl groups excluding tert-OH is 2. The molecule has 0 aliphatic carbocycles. The summed E-state index contributed by atoms with van der Waals surface area (Å²) in [5, 5.41) is 39.8. The van der Waals surface area contributed by atoms with Gasteiger partial charge in [0.2, 0.25) is 5.88 Å². The van der Waals surface area contributed by atoms with E-state index in [1.807, 2.05) is 41.1 Å². The Morgan fingerprint density at radius 1 is 0.721 bits per heavy atom. The fraction of sp³-hybridized carbons (Fsp3) is 0.542. The average Bonchev–Trinajstić information content (AvgIpc) is 4.18. The number of aliphatic hydroxyl groups is 2. The van der Waals surface area contributed by atoms with E-state index in [-0.39, 0.29) is 36.4 Å². The number of methoxy groups -OCH3 is 1. The van der Waals surface area contributed by atoms with Gasteiger partial charge in [-0.25, -0.2) is 28.1 Å². The molecule has 0 bridgehead atoms. The Bertz CT molecular complexity index is 2700. The van der Waals surface area contributed by atoms with Gasteiger partial charge < -0.3 is 34.1 Å². The molecule has 6 aromatic rings. The summed E-state index contributed by atoms with van der Waals surface area (Å²) in [5.41, 5.74) is 8.31. The number of nitrogens with zero attached hydrogens (tertiary/aromatic N) is 12. The number of halogens is 2. The maximum absolute atomic E-state index is 16.0. The standard InChI is InChI=1S/C48H60F2N12O6/c1-30(63)21-57-9-4-32(23-57)25-59-27-34(17-53-59)45-40-6-11-67-13-8-44(40)62(56-45)37-16-42(50)48(52-20-37)68-29-38-14-33(24-58(38)22-31(2)64)26-60-28-35(18-54-60)46-39-5-10-66-12-7-43(39)61(55-46)36-15-41(49)47(65-3)51-19-36/h15-20,27-28,30-33,38,63-64H,4-14,21-26,29H2,1-3H3/t30-,31-,32+,33?,38?/m1/s1. The van der Waals surface area contributed by atoms with Crippen molar-refractivity contribution in [2.75, 3.05) is 72.9 Å². The third-order valence-corrected chi connectivity index (χ3v) is 13.5. The SMILES string of the molecule is COc1ncc(-n2nc(-c3cnn(CC4CC(COc5ncc(-n6nc(-c7cnn(C[C@H]8CCN(C[C@@H](C)O)C8)c7)c7c6CCOCC7)cc5F)N(C[C@@H](C)O)C4)c3)c3c2CCOCC3)cc1F. The average molecular weight is 939 g/mol. The monoisotopic (exact) mass is 938 g/mol. The highest BCUT2D eigenvalue weighted by Gasteiger charge is 2.35. The van der Waals surface area contributed by atoms with Crippen molar-refractivity contribution in [2.45, 2.75) is 83.7 Å². The Morgan fingerprint density at radius 2 is 1.28 bits per heavy atom. The molecule has 2 N–H and O–H groups in total. The topological polar surface area (TPSA) is 181 Å². The number of fused-ring (bicyclic) bond motifs is 2. The summed E-state index contributed by atoms with van der Waals surface area (Å²) in [7, 11) is 1.38. The van der Waals surface area contributed by atoms with E-state index in [1.54, 1.807) is 28.7 Å². The molecule has 0 amide bonds. The largest absolute Gasteiger partial charge is 0.479 e. The molecule has 2 unspecified atom stereocenters. The highest BCUT2D eigenvalue weighted by Crippen LogP contribution is 2.34. The molecule has 0 aromatic carbocycles. The molecule has 6 aromatic heterocycles. The molecule has 10 rings (SSSR count). The van der Waals surface area contributed by atoms with E-state index >= 15 is 4.39 Å². The van der Waals surface area contributed by atoms with E-state index in [0.717, 1.165) is 77.5 Å². The molecule has 2 saturated heterocycles. The fourth-order valence-electron chi connectivity index (χ4n) is 10.5. The molecule has 4 aliphatic rings. The van der Waals surface area contributed by atoms with Crippen molar-refractivity contribution >= 4 is 0 Å². The number of β-amino-alcohol motifs (C(OH)–C–C–N with tert-alkyl or cyclic N) is 2. The van der Waals surface area contributed by atoms with Gasteiger partial charge in [-0.15, -0.1) is 0 Å². The third kappa shape index (κ3) is 9.93. The maximum atomic E-state index is 16.0. The van der Waals surface area contributed by atoms with Gasteiger partial charge in [0.1, 0.15) is 6.61 Å². The van der Waals surface area contributed by atoms with Crippen molar-refractivity contribution in [2.24, 2.45) is 11.8 Å². The highest BCUT2D eigenvalue weighted by atomic mass is 19.1. The minimum atomic E-state index is -0.590. The first-order chi connectivity index (χ1) is 33.1. The summed E-state index contributed by atoms with van der Waals surface area (Å²) in [4.78, 5) is 13.1. The van der Waals surface area contributed by atoms with Gasteiger partial charge in [-0.2, -0.15) is 20.4 Å². The van der Waals surface area contributed by atoms with Gasteiger partial charge in [-0.05, 0) is 57.9 Å². The first-order valence-electron chi connectivity index (χ1n) is 23.8. The maximum Gasteiger partial charge on any atom is 0.250 e. The lowest BCUT2D eigenvalue weighted by molar-refractivity contribution is 0.0969. The van der Waals surface area contributed by atoms with Gasteiger partial charge in [0.25, 0.3) is 5.88 Å². The third-order valence-electron chi connectivity index (χ3n) is 13.5. The van der Waals surface area contributed by atoms with Gasteiger partial charge >= 0.3 is 0 Å². The van der Waals surface area contributed by atoms with Crippen molar-refractivity contribution in [1.82, 2.24) is 58.9 Å². The molecule has 4 aliphatic heterocycles. The molecule has 68 heavy (non-hydrogen) atoms. The lowest BCUT2D eigenvalue weighted by Crippen LogP contribution is -2.38. The first kappa shape index (κ1) is 46.1. The van der Waals surface area contributed by atoms with E-state index in [4.69, 9.17) is 39.3 Å². The van der Waals surface area contributed by atoms with Crippen molar-refractivity contribution < 1.29 is 37.9 Å². The number of pyridine rings is 2. The Balaban J connectivity index is 0.814. The van der Waals surface area contributed by atoms with E-state index in [0.29, 0.717) is 95.6 Å². The second kappa shape index (κ2) is 20.1. The van der Waals surface area contributed by atoms with Gasteiger partial charge in [0, 0.05) is 105 Å². The number of ether oxygens (including phenoxy) is 4. The molecule has 0 spiro atoms. The lowest BCUT2D eigenvalue weighted by Gasteiger charge is -2.25. The van der Waals surface area contributed by atoms with Crippen LogP contribution >= 0.6 is 0 Å². The van der Waals surface area contributed by atoms with Crippen LogP contribution in [-0.2, 0) is 48.2 Å². The van der Waals surface area contributed by atoms with Gasteiger partial charge in [0.15, 0.2) is 11.6 Å². The predicted molar refractivity (Wildman–Crippen MR) is 245 cm³/mol. The molecule has 362 valence electrons. The highest BCUT2D eigenvalue weighted by molar-refractivity contribution is 5.65. The van der Waals surface area contributed by atoms with Crippen LogP contribution in [0.5, 0.6) is 11.8 Å². The zero-order chi connectivity index (χ0) is 46.9. The van der Waals surface area contributed by atoms with Crippen LogP contribution in [0, 0.1) is 23.5 Å². The zero-order valence-electron chi connectivity index (χ0n) is 38.9. The van der Waals surface area contributed by atoms with Crippen LogP contribution in [0.15, 0.2) is 49.3 Å². The first-order valence-corrected chi connectivity index (χ1v) is 23.8. The second-order valence-electron chi connectivity index (χ2n) is 18.8. The van der Waals surface area contributed by atoms with E-state index in [9.17, 15) is 14.6 Å². The van der Waals surface area contributed by atoms with Crippen LogP contribution in [-0.4, -0.2) is 160 Å². The minimum absolute atomic E-state index is 0.0772. The summed E-state index contributed by atoms with van der Waals surface area (Å²) in [6.07, 6.45) is 14.3. The molecule has 0 radical (unpaired) electrons. The summed E-state index contributed by atoms with van der Waals surface area (Å²) in [5.74, 6) is -0.713. The molecule has 5 atom stereocenters. The Morgan fingerprint density at radius 3 is 1.84 bits per heavy atom. The number of likely N-dealkylation sites (tertiary alicyclic amines) is 2. The molecule has 10 heterocycles. The van der Waals surface area contributed by atoms with Crippen molar-refractivity contribution in [3.8, 4) is 45.6 Å². The summed E-state index contributed by atoms with van der Waals surface area (Å²) in [6, 6.07) is 2.70. The van der Waals surface area contributed by atoms with Crippen LogP contribution in [0.4, 0.5) is 8.78 Å². The van der Waals surface area contributed by atoms with Gasteiger partial charge in [0.05, 0.1) is 105 Å². The van der Waals surface area contributed by atoms with Crippen LogP contribution in [0.2, 0.25) is 0 Å². The Kier molecular flexibility index (Phi) is 13.7. The summed E-state index contributed by atoms with van der Waals surface area (Å²) >= 11 is 0. The molecular formula is C48H60F2N12O6. The summed E-state index contributed by atoms with van der Waals surface area (Å²) in [6.45, 7) is 11.1. The zero-order valence-corrected chi connectivity index (χ0v) is 38.9. The molecule has 20 heteroatoms. The van der Waals surface area contributed by atoms with Crippen molar-refractivity contribution in [3.05, 3.63) is 83.5 Å². The van der Waals surface area contributed by atoms with Crippen LogP contribution in [0.1, 0.15) is 49.2 Å². The smallest absolute Gasteiger partial charge is 0.250 e. The van der Waals surface area contributed by atoms with E-state index in [2.05, 4.69) is 19.8 Å². The van der Waals surface area contributed by atoms with Gasteiger partial charge in [-0.1, -0.05) is 0 Å².